The van der Waals surface area contributed by atoms with Crippen LogP contribution in [-0.2, 0) is 0 Å². The maximum atomic E-state index is 11.9. The molecule has 4 atom stereocenters. The second-order valence-electron chi connectivity index (χ2n) is 13.7. The molecule has 8 rings (SSSR count). The average molecular weight is 679 g/mol. The summed E-state index contributed by atoms with van der Waals surface area (Å²) in [5.74, 6) is 0.393. The number of nitrogens with one attached hydrogen (secondary N) is 2. The molecule has 4 heteroatoms. The van der Waals surface area contributed by atoms with Gasteiger partial charge in [-0.1, -0.05) is 158 Å². The van der Waals surface area contributed by atoms with Crippen LogP contribution in [-0.4, -0.2) is 10.2 Å². The Hall–Kier alpha value is -5.94. The predicted octanol–water partition coefficient (Wildman–Crippen LogP) is 11.4. The molecule has 0 saturated carbocycles. The van der Waals surface area contributed by atoms with Crippen molar-refractivity contribution < 1.29 is 10.2 Å². The second kappa shape index (κ2) is 14.4. The van der Waals surface area contributed by atoms with Crippen LogP contribution in [0.5, 0.6) is 11.5 Å². The summed E-state index contributed by atoms with van der Waals surface area (Å²) in [4.78, 5) is 0. The van der Waals surface area contributed by atoms with Crippen molar-refractivity contribution in [2.45, 2.75) is 38.0 Å². The van der Waals surface area contributed by atoms with Crippen LogP contribution in [0.2, 0.25) is 0 Å². The van der Waals surface area contributed by atoms with Crippen molar-refractivity contribution in [1.82, 2.24) is 10.6 Å². The van der Waals surface area contributed by atoms with Gasteiger partial charge >= 0.3 is 0 Å². The minimum Gasteiger partial charge on any atom is -0.508 e. The lowest BCUT2D eigenvalue weighted by Gasteiger charge is -2.30. The van der Waals surface area contributed by atoms with Crippen LogP contribution >= 0.6 is 0 Å². The van der Waals surface area contributed by atoms with E-state index in [1.165, 1.54) is 0 Å². The van der Waals surface area contributed by atoms with E-state index in [2.05, 4.69) is 158 Å². The highest BCUT2D eigenvalue weighted by atomic mass is 16.3. The molecule has 0 saturated heterocycles. The number of fused-ring (bicyclic) bond motifs is 3. The van der Waals surface area contributed by atoms with E-state index in [9.17, 15) is 10.2 Å². The summed E-state index contributed by atoms with van der Waals surface area (Å²) in [7, 11) is 0. The van der Waals surface area contributed by atoms with Crippen molar-refractivity contribution >= 4 is 32.3 Å². The summed E-state index contributed by atoms with van der Waals surface area (Å²) in [5.41, 5.74) is 5.98. The third-order valence-corrected chi connectivity index (χ3v) is 10.5. The summed E-state index contributed by atoms with van der Waals surface area (Å²) < 4.78 is 0. The molecule has 0 amide bonds. The molecule has 4 N–H and O–H groups in total. The fourth-order valence-electron chi connectivity index (χ4n) is 7.87. The summed E-state index contributed by atoms with van der Waals surface area (Å²) in [6, 6.07) is 57.0. The minimum absolute atomic E-state index is 0.0340. The summed E-state index contributed by atoms with van der Waals surface area (Å²) in [6.07, 6.45) is 0. The Morgan fingerprint density at radius 3 is 1.15 bits per heavy atom. The Bertz CT molecular complexity index is 2310. The monoisotopic (exact) mass is 678 g/mol. The van der Waals surface area contributed by atoms with Crippen LogP contribution in [0.15, 0.2) is 170 Å². The number of phenols is 2. The molecule has 4 nitrogen and oxygen atoms in total. The van der Waals surface area contributed by atoms with E-state index < -0.39 is 0 Å². The molecule has 2 unspecified atom stereocenters. The van der Waals surface area contributed by atoms with E-state index in [-0.39, 0.29) is 35.7 Å². The van der Waals surface area contributed by atoms with Crippen molar-refractivity contribution in [3.05, 3.63) is 203 Å². The lowest BCUT2D eigenvalue weighted by atomic mass is 9.85. The van der Waals surface area contributed by atoms with Crippen LogP contribution in [0.1, 0.15) is 71.4 Å². The smallest absolute Gasteiger partial charge is 0.121 e. The Labute approximate surface area is 305 Å². The normalized spacial score (nSPS) is 14.0. The SMILES string of the molecule is C[C@H](NC(c1cccc2ccccc12)c1c(O)ccc2c(C(N[C@@H](C)c3ccccc3)c3cccc4ccccc34)c(O)ccc12)c1ccccc1. The molecule has 52 heavy (non-hydrogen) atoms. The highest BCUT2D eigenvalue weighted by Gasteiger charge is 2.29. The third-order valence-electron chi connectivity index (χ3n) is 10.5. The van der Waals surface area contributed by atoms with Gasteiger partial charge in [-0.2, -0.15) is 0 Å². The summed E-state index contributed by atoms with van der Waals surface area (Å²) in [6.45, 7) is 4.33. The molecule has 0 aliphatic rings. The second-order valence-corrected chi connectivity index (χ2v) is 13.7. The van der Waals surface area contributed by atoms with Gasteiger partial charge in [0.05, 0.1) is 12.1 Å². The van der Waals surface area contributed by atoms with Crippen molar-refractivity contribution in [2.24, 2.45) is 0 Å². The van der Waals surface area contributed by atoms with Gasteiger partial charge < -0.3 is 10.2 Å². The largest absolute Gasteiger partial charge is 0.508 e. The highest BCUT2D eigenvalue weighted by molar-refractivity contribution is 5.96. The van der Waals surface area contributed by atoms with Gasteiger partial charge in [0.1, 0.15) is 11.5 Å². The quantitative estimate of drug-likeness (QED) is 0.116. The van der Waals surface area contributed by atoms with Crippen molar-refractivity contribution in [2.75, 3.05) is 0 Å². The van der Waals surface area contributed by atoms with Gasteiger partial charge in [-0.3, -0.25) is 10.6 Å². The fraction of sp³-hybridized carbons (Fsp3) is 0.125. The number of aromatic hydroxyl groups is 2. The third kappa shape index (κ3) is 6.28. The molecule has 0 bridgehead atoms. The molecule has 0 aliphatic carbocycles. The molecule has 8 aromatic rings. The van der Waals surface area contributed by atoms with Gasteiger partial charge in [0, 0.05) is 23.2 Å². The van der Waals surface area contributed by atoms with Gasteiger partial charge in [0.2, 0.25) is 0 Å². The molecule has 0 radical (unpaired) electrons. The van der Waals surface area contributed by atoms with Gasteiger partial charge in [-0.15, -0.1) is 0 Å². The maximum Gasteiger partial charge on any atom is 0.121 e. The number of hydrogen-bond acceptors (Lipinski definition) is 4. The Morgan fingerprint density at radius 1 is 0.365 bits per heavy atom. The molecular weight excluding hydrogens is 637 g/mol. The Balaban J connectivity index is 1.36. The molecule has 0 heterocycles. The Morgan fingerprint density at radius 2 is 0.731 bits per heavy atom. The summed E-state index contributed by atoms with van der Waals surface area (Å²) >= 11 is 0. The Kier molecular flexibility index (Phi) is 9.17. The number of hydrogen-bond donors (Lipinski definition) is 4. The summed E-state index contributed by atoms with van der Waals surface area (Å²) in [5, 5.41) is 38.0. The number of benzene rings is 8. The van der Waals surface area contributed by atoms with E-state index >= 15 is 0 Å². The molecule has 0 aliphatic heterocycles. The van der Waals surface area contributed by atoms with Crippen LogP contribution in [0.4, 0.5) is 0 Å². The van der Waals surface area contributed by atoms with Gasteiger partial charge in [0.15, 0.2) is 0 Å². The first-order chi connectivity index (χ1) is 25.5. The van der Waals surface area contributed by atoms with Crippen molar-refractivity contribution in [3.8, 4) is 11.5 Å². The minimum atomic E-state index is -0.380. The van der Waals surface area contributed by atoms with E-state index in [4.69, 9.17) is 0 Å². The molecule has 0 spiro atoms. The topological polar surface area (TPSA) is 64.5 Å². The predicted molar refractivity (Wildman–Crippen MR) is 215 cm³/mol. The van der Waals surface area contributed by atoms with Crippen molar-refractivity contribution in [1.29, 1.82) is 0 Å². The lowest BCUT2D eigenvalue weighted by molar-refractivity contribution is 0.446. The number of rotatable bonds is 10. The standard InChI is InChI=1S/C48H42N2O2/c1-31(33-15-5-3-6-16-33)49-47(41-25-13-21-35-19-9-11-23-37(35)41)45-39-27-30-44(52)46(40(39)28-29-43(45)51)48(50-32(2)34-17-7-4-8-18-34)42-26-14-22-36-20-10-12-24-38(36)42/h3-32,47-52H,1-2H3/t31-,32-,47?,48?/m0/s1. The maximum absolute atomic E-state index is 11.9. The first kappa shape index (κ1) is 33.2. The van der Waals surface area contributed by atoms with Gasteiger partial charge in [-0.05, 0) is 80.6 Å². The van der Waals surface area contributed by atoms with Gasteiger partial charge in [0.25, 0.3) is 0 Å². The molecule has 0 fully saturated rings. The van der Waals surface area contributed by atoms with Crippen LogP contribution in [0, 0.1) is 0 Å². The number of phenolic OH excluding ortho intramolecular Hbond substituents is 2. The first-order valence-electron chi connectivity index (χ1n) is 18.0. The van der Waals surface area contributed by atoms with Crippen molar-refractivity contribution in [3.63, 3.8) is 0 Å². The average Bonchev–Trinajstić information content (AvgIpc) is 3.19. The van der Waals surface area contributed by atoms with Crippen LogP contribution < -0.4 is 10.6 Å². The zero-order valence-corrected chi connectivity index (χ0v) is 29.4. The first-order valence-corrected chi connectivity index (χ1v) is 18.0. The fourth-order valence-corrected chi connectivity index (χ4v) is 7.87. The zero-order chi connectivity index (χ0) is 35.6. The molecule has 8 aromatic carbocycles. The lowest BCUT2D eigenvalue weighted by Crippen LogP contribution is -2.27. The molecule has 0 aromatic heterocycles. The zero-order valence-electron chi connectivity index (χ0n) is 29.4. The van der Waals surface area contributed by atoms with E-state index in [1.54, 1.807) is 12.1 Å². The molecular formula is C48H42N2O2. The molecule has 256 valence electrons. The van der Waals surface area contributed by atoms with Gasteiger partial charge in [-0.25, -0.2) is 0 Å². The van der Waals surface area contributed by atoms with Crippen LogP contribution in [0.3, 0.4) is 0 Å². The van der Waals surface area contributed by atoms with E-state index in [1.807, 2.05) is 24.3 Å². The van der Waals surface area contributed by atoms with E-state index in [0.29, 0.717) is 0 Å². The van der Waals surface area contributed by atoms with E-state index in [0.717, 1.165) is 65.7 Å². The van der Waals surface area contributed by atoms with Crippen LogP contribution in [0.25, 0.3) is 32.3 Å². The highest BCUT2D eigenvalue weighted by Crippen LogP contribution is 2.45.